The lowest BCUT2D eigenvalue weighted by Gasteiger charge is -2.31. The van der Waals surface area contributed by atoms with Crippen molar-refractivity contribution in [1.82, 2.24) is 14.8 Å². The summed E-state index contributed by atoms with van der Waals surface area (Å²) in [5.74, 6) is 2.41. The van der Waals surface area contributed by atoms with Gasteiger partial charge >= 0.3 is 0 Å². The molecule has 0 radical (unpaired) electrons. The maximum Gasteiger partial charge on any atom is 0.225 e. The topological polar surface area (TPSA) is 49.6 Å². The normalized spacial score (nSPS) is 21.1. The molecule has 0 unspecified atom stereocenters. The molecule has 1 aromatic heterocycles. The second-order valence-corrected chi connectivity index (χ2v) is 7.95. The molecule has 23 heavy (non-hydrogen) atoms. The zero-order valence-corrected chi connectivity index (χ0v) is 14.7. The first-order valence-corrected chi connectivity index (χ1v) is 8.90. The Kier molecular flexibility index (Phi) is 4.76. The minimum Gasteiger partial charge on any atom is -0.444 e. The molecule has 1 aliphatic heterocycles. The molecule has 1 saturated heterocycles. The van der Waals surface area contributed by atoms with Gasteiger partial charge in [0.25, 0.3) is 0 Å². The minimum absolute atomic E-state index is 0.00394. The van der Waals surface area contributed by atoms with E-state index in [1.54, 1.807) is 0 Å². The molecular weight excluding hydrogens is 290 g/mol. The molecule has 1 saturated carbocycles. The van der Waals surface area contributed by atoms with E-state index in [9.17, 15) is 4.79 Å². The van der Waals surface area contributed by atoms with Crippen molar-refractivity contribution in [2.45, 2.75) is 58.4 Å². The molecule has 0 bridgehead atoms. The van der Waals surface area contributed by atoms with Crippen molar-refractivity contribution in [3.8, 4) is 0 Å². The predicted molar refractivity (Wildman–Crippen MR) is 89.0 cm³/mol. The fraction of sp³-hybridized carbons (Fsp3) is 0.778. The predicted octanol–water partition coefficient (Wildman–Crippen LogP) is 2.81. The Morgan fingerprint density at radius 2 is 2.00 bits per heavy atom. The van der Waals surface area contributed by atoms with Crippen molar-refractivity contribution in [2.75, 3.05) is 26.2 Å². The van der Waals surface area contributed by atoms with Crippen LogP contribution in [-0.4, -0.2) is 46.9 Å². The van der Waals surface area contributed by atoms with E-state index in [1.165, 1.54) is 6.42 Å². The van der Waals surface area contributed by atoms with Crippen molar-refractivity contribution in [3.05, 3.63) is 17.8 Å². The number of carbonyl (C=O) groups is 1. The van der Waals surface area contributed by atoms with E-state index in [2.05, 4.69) is 35.6 Å². The maximum absolute atomic E-state index is 12.4. The van der Waals surface area contributed by atoms with E-state index in [4.69, 9.17) is 4.42 Å². The summed E-state index contributed by atoms with van der Waals surface area (Å²) in [5, 5.41) is 0. The first kappa shape index (κ1) is 16.5. The van der Waals surface area contributed by atoms with E-state index >= 15 is 0 Å². The number of hydrogen-bond acceptors (Lipinski definition) is 4. The van der Waals surface area contributed by atoms with Crippen molar-refractivity contribution >= 4 is 5.91 Å². The number of nitrogens with zero attached hydrogens (tertiary/aromatic N) is 3. The molecule has 5 heteroatoms. The quantitative estimate of drug-likeness (QED) is 0.859. The average molecular weight is 319 g/mol. The van der Waals surface area contributed by atoms with Gasteiger partial charge in [0.15, 0.2) is 0 Å². The van der Waals surface area contributed by atoms with Crippen LogP contribution in [0, 0.1) is 5.92 Å². The Morgan fingerprint density at radius 3 is 2.61 bits per heavy atom. The lowest BCUT2D eigenvalue weighted by Crippen LogP contribution is -2.41. The standard InChI is InChI=1S/C18H29N3O2/c1-18(2,3)15-12-19-16(23-15)13-20-8-5-9-21(11-10-20)17(22)14-6-4-7-14/h12,14H,4-11,13H2,1-3H3. The van der Waals surface area contributed by atoms with Gasteiger partial charge < -0.3 is 9.32 Å². The molecule has 128 valence electrons. The molecule has 2 aliphatic rings. The fourth-order valence-corrected chi connectivity index (χ4v) is 3.18. The van der Waals surface area contributed by atoms with E-state index in [0.29, 0.717) is 11.8 Å². The van der Waals surface area contributed by atoms with E-state index in [0.717, 1.165) is 63.6 Å². The van der Waals surface area contributed by atoms with Crippen LogP contribution >= 0.6 is 0 Å². The SMILES string of the molecule is CC(C)(C)c1cnc(CN2CCCN(C(=O)C3CCC3)CC2)o1. The van der Waals surface area contributed by atoms with Crippen LogP contribution < -0.4 is 0 Å². The number of aromatic nitrogens is 1. The summed E-state index contributed by atoms with van der Waals surface area (Å²) in [7, 11) is 0. The molecule has 5 nitrogen and oxygen atoms in total. The Balaban J connectivity index is 1.53. The van der Waals surface area contributed by atoms with Gasteiger partial charge in [0.1, 0.15) is 5.76 Å². The third kappa shape index (κ3) is 3.94. The maximum atomic E-state index is 12.4. The van der Waals surface area contributed by atoms with E-state index in [-0.39, 0.29) is 5.41 Å². The molecule has 0 atom stereocenters. The number of hydrogen-bond donors (Lipinski definition) is 0. The number of carbonyl (C=O) groups excluding carboxylic acids is 1. The van der Waals surface area contributed by atoms with Crippen LogP contribution in [0.15, 0.2) is 10.6 Å². The zero-order valence-electron chi connectivity index (χ0n) is 14.7. The molecular formula is C18H29N3O2. The third-order valence-corrected chi connectivity index (χ3v) is 5.01. The summed E-state index contributed by atoms with van der Waals surface area (Å²) in [5.41, 5.74) is -0.00394. The van der Waals surface area contributed by atoms with Gasteiger partial charge in [-0.15, -0.1) is 0 Å². The summed E-state index contributed by atoms with van der Waals surface area (Å²) in [6, 6.07) is 0. The third-order valence-electron chi connectivity index (χ3n) is 5.01. The van der Waals surface area contributed by atoms with Crippen LogP contribution in [0.3, 0.4) is 0 Å². The van der Waals surface area contributed by atoms with Crippen LogP contribution in [0.1, 0.15) is 58.1 Å². The van der Waals surface area contributed by atoms with Crippen LogP contribution in [-0.2, 0) is 16.8 Å². The Morgan fingerprint density at radius 1 is 1.22 bits per heavy atom. The first-order chi connectivity index (χ1) is 10.9. The monoisotopic (exact) mass is 319 g/mol. The number of oxazole rings is 1. The van der Waals surface area contributed by atoms with Gasteiger partial charge in [0.2, 0.25) is 11.8 Å². The highest BCUT2D eigenvalue weighted by molar-refractivity contribution is 5.79. The smallest absolute Gasteiger partial charge is 0.225 e. The van der Waals surface area contributed by atoms with Crippen LogP contribution in [0.25, 0.3) is 0 Å². The fourth-order valence-electron chi connectivity index (χ4n) is 3.18. The Hall–Kier alpha value is -1.36. The van der Waals surface area contributed by atoms with Crippen molar-refractivity contribution in [3.63, 3.8) is 0 Å². The van der Waals surface area contributed by atoms with Gasteiger partial charge in [-0.2, -0.15) is 0 Å². The summed E-state index contributed by atoms with van der Waals surface area (Å²) in [6.07, 6.45) is 6.28. The van der Waals surface area contributed by atoms with Crippen LogP contribution in [0.4, 0.5) is 0 Å². The molecule has 2 heterocycles. The summed E-state index contributed by atoms with van der Waals surface area (Å²) < 4.78 is 5.90. The van der Waals surface area contributed by atoms with Gasteiger partial charge in [-0.05, 0) is 19.3 Å². The number of rotatable bonds is 3. The lowest BCUT2D eigenvalue weighted by molar-refractivity contribution is -0.138. The zero-order chi connectivity index (χ0) is 16.4. The molecule has 0 aromatic carbocycles. The highest BCUT2D eigenvalue weighted by atomic mass is 16.4. The van der Waals surface area contributed by atoms with E-state index in [1.807, 2.05) is 6.20 Å². The molecule has 2 fully saturated rings. The second-order valence-electron chi connectivity index (χ2n) is 7.95. The molecule has 0 N–H and O–H groups in total. The van der Waals surface area contributed by atoms with Gasteiger partial charge in [0.05, 0.1) is 12.7 Å². The average Bonchev–Trinajstić information content (AvgIpc) is 2.76. The summed E-state index contributed by atoms with van der Waals surface area (Å²) in [6.45, 7) is 10.8. The Labute approximate surface area is 139 Å². The highest BCUT2D eigenvalue weighted by Gasteiger charge is 2.30. The highest BCUT2D eigenvalue weighted by Crippen LogP contribution is 2.28. The largest absolute Gasteiger partial charge is 0.444 e. The first-order valence-electron chi connectivity index (χ1n) is 8.90. The molecule has 0 spiro atoms. The summed E-state index contributed by atoms with van der Waals surface area (Å²) in [4.78, 5) is 21.2. The van der Waals surface area contributed by atoms with E-state index < -0.39 is 0 Å². The van der Waals surface area contributed by atoms with Gasteiger partial charge in [-0.25, -0.2) is 4.98 Å². The van der Waals surface area contributed by atoms with Crippen molar-refractivity contribution in [2.24, 2.45) is 5.92 Å². The number of amides is 1. The molecule has 1 amide bonds. The van der Waals surface area contributed by atoms with Gasteiger partial charge in [-0.1, -0.05) is 27.2 Å². The van der Waals surface area contributed by atoms with Crippen LogP contribution in [0.5, 0.6) is 0 Å². The van der Waals surface area contributed by atoms with Gasteiger partial charge in [-0.3, -0.25) is 9.69 Å². The molecule has 1 aromatic rings. The lowest BCUT2D eigenvalue weighted by atomic mass is 9.84. The van der Waals surface area contributed by atoms with Crippen LogP contribution in [0.2, 0.25) is 0 Å². The molecule has 3 rings (SSSR count). The van der Waals surface area contributed by atoms with Gasteiger partial charge in [0, 0.05) is 37.5 Å². The minimum atomic E-state index is -0.00394. The van der Waals surface area contributed by atoms with Crippen molar-refractivity contribution in [1.29, 1.82) is 0 Å². The Bertz CT molecular complexity index is 543. The second kappa shape index (κ2) is 6.63. The molecule has 1 aliphatic carbocycles. The summed E-state index contributed by atoms with van der Waals surface area (Å²) >= 11 is 0. The van der Waals surface area contributed by atoms with Crippen molar-refractivity contribution < 1.29 is 9.21 Å².